The highest BCUT2D eigenvalue weighted by Crippen LogP contribution is 2.45. The van der Waals surface area contributed by atoms with Gasteiger partial charge in [0.25, 0.3) is 0 Å². The van der Waals surface area contributed by atoms with Crippen LogP contribution in [0.4, 0.5) is 4.39 Å². The molecule has 1 saturated carbocycles. The van der Waals surface area contributed by atoms with Crippen LogP contribution in [0, 0.1) is 11.2 Å². The third kappa shape index (κ3) is 2.62. The van der Waals surface area contributed by atoms with E-state index >= 15 is 0 Å². The Kier molecular flexibility index (Phi) is 3.29. The van der Waals surface area contributed by atoms with Crippen LogP contribution < -0.4 is 0 Å². The number of aliphatic hydroxyl groups is 1. The Morgan fingerprint density at radius 1 is 1.44 bits per heavy atom. The first-order valence-electron chi connectivity index (χ1n) is 6.03. The van der Waals surface area contributed by atoms with Crippen molar-refractivity contribution in [2.45, 2.75) is 45.1 Å². The van der Waals surface area contributed by atoms with Crippen LogP contribution in [0.1, 0.15) is 50.7 Å². The molecule has 0 unspecified atom stereocenters. The van der Waals surface area contributed by atoms with Gasteiger partial charge in [-0.15, -0.1) is 0 Å². The standard InChI is InChI=1S/C14H19FO/c1-14(7-3-8-14)9-6-13(16)11-4-2-5-12(15)10-11/h2,4-5,10,13,16H,3,6-9H2,1H3/t13-/m0/s1. The van der Waals surface area contributed by atoms with Gasteiger partial charge in [-0.3, -0.25) is 0 Å². The van der Waals surface area contributed by atoms with Gasteiger partial charge in [0.1, 0.15) is 5.82 Å². The summed E-state index contributed by atoms with van der Waals surface area (Å²) in [6, 6.07) is 6.27. The van der Waals surface area contributed by atoms with Gasteiger partial charge < -0.3 is 5.11 Å². The Hall–Kier alpha value is -0.890. The predicted octanol–water partition coefficient (Wildman–Crippen LogP) is 3.83. The minimum Gasteiger partial charge on any atom is -0.388 e. The summed E-state index contributed by atoms with van der Waals surface area (Å²) in [7, 11) is 0. The molecule has 0 amide bonds. The quantitative estimate of drug-likeness (QED) is 0.820. The number of hydrogen-bond acceptors (Lipinski definition) is 1. The van der Waals surface area contributed by atoms with Gasteiger partial charge in [-0.1, -0.05) is 25.5 Å². The van der Waals surface area contributed by atoms with Crippen LogP contribution in [0.3, 0.4) is 0 Å². The Morgan fingerprint density at radius 3 is 2.75 bits per heavy atom. The lowest BCUT2D eigenvalue weighted by molar-refractivity contribution is 0.0951. The Labute approximate surface area is 96.3 Å². The van der Waals surface area contributed by atoms with Crippen molar-refractivity contribution in [3.05, 3.63) is 35.6 Å². The normalized spacial score (nSPS) is 20.2. The zero-order valence-corrected chi connectivity index (χ0v) is 9.75. The van der Waals surface area contributed by atoms with Crippen LogP contribution in [0.2, 0.25) is 0 Å². The van der Waals surface area contributed by atoms with E-state index in [1.165, 1.54) is 31.4 Å². The lowest BCUT2D eigenvalue weighted by atomic mass is 9.67. The molecular weight excluding hydrogens is 203 g/mol. The van der Waals surface area contributed by atoms with Gasteiger partial charge in [-0.2, -0.15) is 0 Å². The number of benzene rings is 1. The van der Waals surface area contributed by atoms with Crippen LogP contribution >= 0.6 is 0 Å². The molecule has 1 aromatic carbocycles. The average Bonchev–Trinajstić information content (AvgIpc) is 2.23. The molecule has 0 spiro atoms. The van der Waals surface area contributed by atoms with E-state index in [1.54, 1.807) is 12.1 Å². The van der Waals surface area contributed by atoms with Gasteiger partial charge in [0, 0.05) is 0 Å². The molecule has 1 aliphatic carbocycles. The second-order valence-corrected chi connectivity index (χ2v) is 5.27. The van der Waals surface area contributed by atoms with E-state index in [4.69, 9.17) is 0 Å². The monoisotopic (exact) mass is 222 g/mol. The number of hydrogen-bond donors (Lipinski definition) is 1. The molecule has 1 atom stereocenters. The first-order valence-corrected chi connectivity index (χ1v) is 6.03. The minimum absolute atomic E-state index is 0.272. The van der Waals surface area contributed by atoms with Crippen molar-refractivity contribution in [3.8, 4) is 0 Å². The van der Waals surface area contributed by atoms with Crippen LogP contribution in [0.25, 0.3) is 0 Å². The third-order valence-corrected chi connectivity index (χ3v) is 3.82. The van der Waals surface area contributed by atoms with E-state index in [9.17, 15) is 9.50 Å². The van der Waals surface area contributed by atoms with Gasteiger partial charge in [0.15, 0.2) is 0 Å². The number of rotatable bonds is 4. The molecule has 2 rings (SSSR count). The molecule has 88 valence electrons. The van der Waals surface area contributed by atoms with Gasteiger partial charge in [0.2, 0.25) is 0 Å². The molecule has 0 heterocycles. The van der Waals surface area contributed by atoms with E-state index in [1.807, 2.05) is 0 Å². The van der Waals surface area contributed by atoms with Crippen molar-refractivity contribution >= 4 is 0 Å². The summed E-state index contributed by atoms with van der Waals surface area (Å²) in [6.45, 7) is 2.27. The molecule has 0 saturated heterocycles. The van der Waals surface area contributed by atoms with Gasteiger partial charge in [0.05, 0.1) is 6.10 Å². The Balaban J connectivity index is 1.90. The van der Waals surface area contributed by atoms with E-state index in [2.05, 4.69) is 6.92 Å². The second-order valence-electron chi connectivity index (χ2n) is 5.27. The van der Waals surface area contributed by atoms with E-state index in [-0.39, 0.29) is 5.82 Å². The van der Waals surface area contributed by atoms with Crippen molar-refractivity contribution in [2.75, 3.05) is 0 Å². The molecule has 16 heavy (non-hydrogen) atoms. The van der Waals surface area contributed by atoms with Crippen LogP contribution in [0.15, 0.2) is 24.3 Å². The van der Waals surface area contributed by atoms with Crippen molar-refractivity contribution in [2.24, 2.45) is 5.41 Å². The minimum atomic E-state index is -0.520. The summed E-state index contributed by atoms with van der Waals surface area (Å²) < 4.78 is 13.0. The van der Waals surface area contributed by atoms with Crippen LogP contribution in [0.5, 0.6) is 0 Å². The van der Waals surface area contributed by atoms with Gasteiger partial charge >= 0.3 is 0 Å². The fourth-order valence-electron chi connectivity index (χ4n) is 2.40. The fourth-order valence-corrected chi connectivity index (χ4v) is 2.40. The van der Waals surface area contributed by atoms with E-state index in [0.29, 0.717) is 11.0 Å². The Morgan fingerprint density at radius 2 is 2.19 bits per heavy atom. The molecule has 0 bridgehead atoms. The Bertz CT molecular complexity index is 358. The lowest BCUT2D eigenvalue weighted by Crippen LogP contribution is -2.25. The predicted molar refractivity (Wildman–Crippen MR) is 62.6 cm³/mol. The van der Waals surface area contributed by atoms with E-state index in [0.717, 1.165) is 12.8 Å². The molecule has 1 nitrogen and oxygen atoms in total. The zero-order valence-electron chi connectivity index (χ0n) is 9.75. The third-order valence-electron chi connectivity index (χ3n) is 3.82. The van der Waals surface area contributed by atoms with Crippen molar-refractivity contribution in [1.29, 1.82) is 0 Å². The lowest BCUT2D eigenvalue weighted by Gasteiger charge is -2.39. The maximum absolute atomic E-state index is 13.0. The molecule has 0 aromatic heterocycles. The highest BCUT2D eigenvalue weighted by atomic mass is 19.1. The van der Waals surface area contributed by atoms with Crippen LogP contribution in [-0.4, -0.2) is 5.11 Å². The molecule has 1 fully saturated rings. The maximum atomic E-state index is 13.0. The SMILES string of the molecule is CC1(CC[C@H](O)c2cccc(F)c2)CCC1. The van der Waals surface area contributed by atoms with Crippen molar-refractivity contribution in [1.82, 2.24) is 0 Å². The fraction of sp³-hybridized carbons (Fsp3) is 0.571. The summed E-state index contributed by atoms with van der Waals surface area (Å²) in [6.07, 6.45) is 5.09. The molecule has 1 aromatic rings. The second kappa shape index (κ2) is 4.54. The average molecular weight is 222 g/mol. The largest absolute Gasteiger partial charge is 0.388 e. The van der Waals surface area contributed by atoms with Gasteiger partial charge in [-0.25, -0.2) is 4.39 Å². The number of aliphatic hydroxyl groups excluding tert-OH is 1. The zero-order chi connectivity index (χ0) is 11.6. The molecular formula is C14H19FO. The summed E-state index contributed by atoms with van der Waals surface area (Å²) in [4.78, 5) is 0. The highest BCUT2D eigenvalue weighted by molar-refractivity contribution is 5.18. The summed E-state index contributed by atoms with van der Waals surface area (Å²) in [5.74, 6) is -0.272. The molecule has 0 aliphatic heterocycles. The first kappa shape index (κ1) is 11.6. The molecule has 1 N–H and O–H groups in total. The summed E-state index contributed by atoms with van der Waals surface area (Å²) in [5, 5.41) is 9.96. The van der Waals surface area contributed by atoms with Gasteiger partial charge in [-0.05, 0) is 48.8 Å². The van der Waals surface area contributed by atoms with E-state index < -0.39 is 6.10 Å². The van der Waals surface area contributed by atoms with Crippen LogP contribution in [-0.2, 0) is 0 Å². The summed E-state index contributed by atoms with van der Waals surface area (Å²) >= 11 is 0. The van der Waals surface area contributed by atoms with Crippen molar-refractivity contribution < 1.29 is 9.50 Å². The first-order chi connectivity index (χ1) is 7.59. The smallest absolute Gasteiger partial charge is 0.123 e. The maximum Gasteiger partial charge on any atom is 0.123 e. The van der Waals surface area contributed by atoms with Crippen molar-refractivity contribution in [3.63, 3.8) is 0 Å². The highest BCUT2D eigenvalue weighted by Gasteiger charge is 2.31. The number of halogens is 1. The molecule has 0 radical (unpaired) electrons. The topological polar surface area (TPSA) is 20.2 Å². The summed E-state index contributed by atoms with van der Waals surface area (Å²) in [5.41, 5.74) is 1.12. The molecule has 2 heteroatoms. The molecule has 1 aliphatic rings.